The predicted molar refractivity (Wildman–Crippen MR) is 108 cm³/mol. The number of carbonyl (C=O) groups excluding carboxylic acids is 1. The van der Waals surface area contributed by atoms with E-state index in [9.17, 15) is 9.90 Å². The number of hydrogen-bond donors (Lipinski definition) is 2. The van der Waals surface area contributed by atoms with Gasteiger partial charge in [-0.3, -0.25) is 4.79 Å². The maximum atomic E-state index is 12.1. The molecular weight excluding hydrogens is 538 g/mol. The highest BCUT2D eigenvalue weighted by atomic mass is 127. The minimum Gasteiger partial charge on any atom is -0.504 e. The first kappa shape index (κ1) is 18.8. The van der Waals surface area contributed by atoms with Gasteiger partial charge in [0.2, 0.25) is 0 Å². The molecule has 6 nitrogen and oxygen atoms in total. The number of phenolic OH excluding ortho intramolecular Hbond substituents is 1. The Morgan fingerprint density at radius 1 is 1.12 bits per heavy atom. The topological polar surface area (TPSA) is 80.2 Å². The quantitative estimate of drug-likeness (QED) is 0.339. The molecule has 2 N–H and O–H groups in total. The molecule has 0 atom stereocenters. The van der Waals surface area contributed by atoms with Gasteiger partial charge in [0.05, 0.1) is 27.6 Å². The summed E-state index contributed by atoms with van der Waals surface area (Å²) in [4.78, 5) is 12.1. The van der Waals surface area contributed by atoms with E-state index in [1.807, 2.05) is 22.6 Å². The number of rotatable bonds is 5. The number of carbonyl (C=O) groups is 1. The first-order valence-corrected chi connectivity index (χ1v) is 8.85. The van der Waals surface area contributed by atoms with Gasteiger partial charge in [0.1, 0.15) is 5.75 Å². The van der Waals surface area contributed by atoms with Gasteiger partial charge in [-0.2, -0.15) is 5.10 Å². The molecule has 0 heterocycles. The molecule has 2 aromatic rings. The van der Waals surface area contributed by atoms with Crippen LogP contribution in [0.3, 0.4) is 0 Å². The van der Waals surface area contributed by atoms with E-state index in [0.29, 0.717) is 26.2 Å². The lowest BCUT2D eigenvalue weighted by Crippen LogP contribution is -2.17. The lowest BCUT2D eigenvalue weighted by molar-refractivity contribution is 0.0954. The van der Waals surface area contributed by atoms with Crippen molar-refractivity contribution in [1.29, 1.82) is 0 Å². The van der Waals surface area contributed by atoms with Crippen molar-refractivity contribution in [3.05, 3.63) is 48.6 Å². The van der Waals surface area contributed by atoms with Gasteiger partial charge in [0.25, 0.3) is 5.91 Å². The average Bonchev–Trinajstić information content (AvgIpc) is 2.58. The smallest absolute Gasteiger partial charge is 0.271 e. The largest absolute Gasteiger partial charge is 0.504 e. The van der Waals surface area contributed by atoms with Crippen molar-refractivity contribution in [3.8, 4) is 17.2 Å². The number of hydrazone groups is 1. The molecule has 0 fully saturated rings. The van der Waals surface area contributed by atoms with E-state index >= 15 is 0 Å². The van der Waals surface area contributed by atoms with Crippen LogP contribution in [0.2, 0.25) is 0 Å². The van der Waals surface area contributed by atoms with Crippen LogP contribution in [0.4, 0.5) is 0 Å². The van der Waals surface area contributed by atoms with Crippen LogP contribution in [-0.2, 0) is 0 Å². The zero-order valence-electron chi connectivity index (χ0n) is 12.8. The maximum absolute atomic E-state index is 12.1. The Bertz CT molecular complexity index is 794. The average molecular weight is 552 g/mol. The lowest BCUT2D eigenvalue weighted by Gasteiger charge is -2.07. The SMILES string of the molecule is COc1cc(C(=O)N/N=C\c2cc(I)c(O)c(OC)c2)ccc1I. The van der Waals surface area contributed by atoms with Crippen molar-refractivity contribution in [3.63, 3.8) is 0 Å². The summed E-state index contributed by atoms with van der Waals surface area (Å²) in [6.45, 7) is 0. The Kier molecular flexibility index (Phi) is 6.66. The summed E-state index contributed by atoms with van der Waals surface area (Å²) >= 11 is 4.12. The molecule has 8 heteroatoms. The van der Waals surface area contributed by atoms with Gasteiger partial charge < -0.3 is 14.6 Å². The van der Waals surface area contributed by atoms with E-state index < -0.39 is 0 Å². The Labute approximate surface area is 166 Å². The molecule has 0 aliphatic carbocycles. The van der Waals surface area contributed by atoms with Crippen LogP contribution in [0.25, 0.3) is 0 Å². The van der Waals surface area contributed by atoms with Crippen molar-refractivity contribution < 1.29 is 19.4 Å². The Balaban J connectivity index is 2.11. The number of aromatic hydroxyl groups is 1. The van der Waals surface area contributed by atoms with E-state index in [1.54, 1.807) is 37.4 Å². The fourth-order valence-electron chi connectivity index (χ4n) is 1.85. The number of nitrogens with zero attached hydrogens (tertiary/aromatic N) is 1. The van der Waals surface area contributed by atoms with Crippen LogP contribution in [-0.4, -0.2) is 31.4 Å². The number of methoxy groups -OCH3 is 2. The number of hydrogen-bond acceptors (Lipinski definition) is 5. The standard InChI is InChI=1S/C16H14I2N2O4/c1-23-13-7-10(3-4-11(13)17)16(22)20-19-8-9-5-12(18)15(21)14(6-9)24-2/h3-8,21H,1-2H3,(H,20,22)/b19-8-. The molecule has 0 aliphatic heterocycles. The van der Waals surface area contributed by atoms with Crippen molar-refractivity contribution in [2.24, 2.45) is 5.10 Å². The Morgan fingerprint density at radius 2 is 1.83 bits per heavy atom. The van der Waals surface area contributed by atoms with Gasteiger partial charge in [0, 0.05) is 5.56 Å². The van der Waals surface area contributed by atoms with Crippen LogP contribution in [0.5, 0.6) is 17.2 Å². The maximum Gasteiger partial charge on any atom is 0.271 e. The molecule has 0 radical (unpaired) electrons. The number of halogens is 2. The monoisotopic (exact) mass is 552 g/mol. The summed E-state index contributed by atoms with van der Waals surface area (Å²) < 4.78 is 11.8. The van der Waals surface area contributed by atoms with Crippen LogP contribution in [0.15, 0.2) is 35.4 Å². The molecule has 0 spiro atoms. The number of nitrogens with one attached hydrogen (secondary N) is 1. The summed E-state index contributed by atoms with van der Waals surface area (Å²) in [5, 5.41) is 13.7. The third-order valence-corrected chi connectivity index (χ3v) is 4.78. The van der Waals surface area contributed by atoms with Crippen molar-refractivity contribution in [1.82, 2.24) is 5.43 Å². The molecule has 2 aromatic carbocycles. The van der Waals surface area contributed by atoms with Gasteiger partial charge >= 0.3 is 0 Å². The highest BCUT2D eigenvalue weighted by Gasteiger charge is 2.09. The molecule has 24 heavy (non-hydrogen) atoms. The first-order chi connectivity index (χ1) is 11.5. The molecule has 0 unspecified atom stereocenters. The number of amides is 1. The van der Waals surface area contributed by atoms with Crippen molar-refractivity contribution in [2.75, 3.05) is 14.2 Å². The van der Waals surface area contributed by atoms with Gasteiger partial charge in [0.15, 0.2) is 11.5 Å². The third-order valence-electron chi connectivity index (χ3n) is 3.06. The normalized spacial score (nSPS) is 10.7. The highest BCUT2D eigenvalue weighted by molar-refractivity contribution is 14.1. The second-order valence-electron chi connectivity index (χ2n) is 4.60. The van der Waals surface area contributed by atoms with Gasteiger partial charge in [-0.05, 0) is 81.1 Å². The van der Waals surface area contributed by atoms with Crippen LogP contribution >= 0.6 is 45.2 Å². The molecule has 0 saturated carbocycles. The summed E-state index contributed by atoms with van der Waals surface area (Å²) in [6, 6.07) is 8.50. The van der Waals surface area contributed by atoms with Crippen molar-refractivity contribution >= 4 is 57.3 Å². The fourth-order valence-corrected chi connectivity index (χ4v) is 3.04. The molecule has 0 aromatic heterocycles. The molecular formula is C16H14I2N2O4. The number of phenols is 1. The molecule has 0 bridgehead atoms. The summed E-state index contributed by atoms with van der Waals surface area (Å²) in [7, 11) is 3.02. The number of benzene rings is 2. The predicted octanol–water partition coefficient (Wildman–Crippen LogP) is 3.38. The zero-order chi connectivity index (χ0) is 17.7. The molecule has 0 saturated heterocycles. The van der Waals surface area contributed by atoms with Gasteiger partial charge in [-0.25, -0.2) is 5.43 Å². The van der Waals surface area contributed by atoms with Crippen LogP contribution in [0.1, 0.15) is 15.9 Å². The molecule has 0 aliphatic rings. The van der Waals surface area contributed by atoms with E-state index in [0.717, 1.165) is 3.57 Å². The second kappa shape index (κ2) is 8.51. The summed E-state index contributed by atoms with van der Waals surface area (Å²) in [5.41, 5.74) is 3.59. The molecule has 1 amide bonds. The van der Waals surface area contributed by atoms with Crippen LogP contribution < -0.4 is 14.9 Å². The van der Waals surface area contributed by atoms with E-state index in [2.05, 4.69) is 33.1 Å². The minimum absolute atomic E-state index is 0.0743. The lowest BCUT2D eigenvalue weighted by atomic mass is 10.2. The third kappa shape index (κ3) is 4.50. The second-order valence-corrected chi connectivity index (χ2v) is 6.93. The summed E-state index contributed by atoms with van der Waals surface area (Å²) in [6.07, 6.45) is 1.48. The molecule has 2 rings (SSSR count). The molecule has 126 valence electrons. The fraction of sp³-hybridized carbons (Fsp3) is 0.125. The first-order valence-electron chi connectivity index (χ1n) is 6.69. The Hall–Kier alpha value is -1.56. The van der Waals surface area contributed by atoms with Crippen molar-refractivity contribution in [2.45, 2.75) is 0 Å². The highest BCUT2D eigenvalue weighted by Crippen LogP contribution is 2.31. The van der Waals surface area contributed by atoms with E-state index in [4.69, 9.17) is 9.47 Å². The van der Waals surface area contributed by atoms with Gasteiger partial charge in [-0.15, -0.1) is 0 Å². The Morgan fingerprint density at radius 3 is 2.50 bits per heavy atom. The number of ether oxygens (including phenoxy) is 2. The minimum atomic E-state index is -0.346. The van der Waals surface area contributed by atoms with Gasteiger partial charge in [-0.1, -0.05) is 0 Å². The van der Waals surface area contributed by atoms with E-state index in [1.165, 1.54) is 13.3 Å². The zero-order valence-corrected chi connectivity index (χ0v) is 17.2. The van der Waals surface area contributed by atoms with Crippen LogP contribution in [0, 0.1) is 7.14 Å². The summed E-state index contributed by atoms with van der Waals surface area (Å²) in [5.74, 6) is 0.703. The van der Waals surface area contributed by atoms with E-state index in [-0.39, 0.29) is 11.7 Å².